The Balaban J connectivity index is 2.40. The zero-order chi connectivity index (χ0) is 14.9. The lowest BCUT2D eigenvalue weighted by Gasteiger charge is -2.25. The van der Waals surface area contributed by atoms with Gasteiger partial charge in [-0.3, -0.25) is 4.79 Å². The van der Waals surface area contributed by atoms with Gasteiger partial charge in [0, 0.05) is 13.1 Å². The highest BCUT2D eigenvalue weighted by Gasteiger charge is 2.28. The van der Waals surface area contributed by atoms with Crippen LogP contribution >= 0.6 is 0 Å². The van der Waals surface area contributed by atoms with Crippen LogP contribution in [0.1, 0.15) is 36.0 Å². The Morgan fingerprint density at radius 1 is 1.35 bits per heavy atom. The van der Waals surface area contributed by atoms with E-state index >= 15 is 0 Å². The van der Waals surface area contributed by atoms with Crippen molar-refractivity contribution in [3.8, 4) is 0 Å². The van der Waals surface area contributed by atoms with Gasteiger partial charge >= 0.3 is 0 Å². The lowest BCUT2D eigenvalue weighted by atomic mass is 10.1. The van der Waals surface area contributed by atoms with Crippen LogP contribution in [0.2, 0.25) is 0 Å². The molecule has 0 radical (unpaired) electrons. The van der Waals surface area contributed by atoms with Gasteiger partial charge in [-0.05, 0) is 31.0 Å². The van der Waals surface area contributed by atoms with E-state index in [9.17, 15) is 17.6 Å². The quantitative estimate of drug-likeness (QED) is 0.918. The highest BCUT2D eigenvalue weighted by atomic mass is 32.2. The number of halogens is 1. The van der Waals surface area contributed by atoms with Crippen LogP contribution < -0.4 is 5.14 Å². The molecule has 0 spiro atoms. The second-order valence-corrected chi connectivity index (χ2v) is 6.57. The SMILES string of the molecule is CN(C(=O)c1cc(F)ccc1S(N)(=O)=O)C1CCCC1. The third kappa shape index (κ3) is 2.99. The van der Waals surface area contributed by atoms with Crippen LogP contribution in [0.15, 0.2) is 23.1 Å². The molecule has 1 aromatic carbocycles. The number of carbonyl (C=O) groups is 1. The largest absolute Gasteiger partial charge is 0.339 e. The third-order valence-electron chi connectivity index (χ3n) is 3.67. The minimum atomic E-state index is -4.07. The maximum absolute atomic E-state index is 13.3. The summed E-state index contributed by atoms with van der Waals surface area (Å²) in [6.07, 6.45) is 3.82. The summed E-state index contributed by atoms with van der Waals surface area (Å²) in [6.45, 7) is 0. The van der Waals surface area contributed by atoms with E-state index in [0.29, 0.717) is 0 Å². The van der Waals surface area contributed by atoms with E-state index in [4.69, 9.17) is 5.14 Å². The van der Waals surface area contributed by atoms with Crippen molar-refractivity contribution in [3.63, 3.8) is 0 Å². The van der Waals surface area contributed by atoms with Gasteiger partial charge in [-0.1, -0.05) is 12.8 Å². The van der Waals surface area contributed by atoms with Gasteiger partial charge in [0.2, 0.25) is 10.0 Å². The number of nitrogens with zero attached hydrogens (tertiary/aromatic N) is 1. The van der Waals surface area contributed by atoms with Crippen molar-refractivity contribution in [2.75, 3.05) is 7.05 Å². The number of carbonyl (C=O) groups excluding carboxylic acids is 1. The molecule has 0 aliphatic heterocycles. The summed E-state index contributed by atoms with van der Waals surface area (Å²) < 4.78 is 36.3. The number of hydrogen-bond donors (Lipinski definition) is 1. The lowest BCUT2D eigenvalue weighted by Crippen LogP contribution is -2.36. The predicted molar refractivity (Wildman–Crippen MR) is 72.1 cm³/mol. The van der Waals surface area contributed by atoms with Crippen molar-refractivity contribution in [1.82, 2.24) is 4.90 Å². The van der Waals surface area contributed by atoms with Crippen LogP contribution in [0.3, 0.4) is 0 Å². The van der Waals surface area contributed by atoms with Gasteiger partial charge in [0.15, 0.2) is 0 Å². The fraction of sp³-hybridized carbons (Fsp3) is 0.462. The first kappa shape index (κ1) is 14.9. The molecule has 5 nitrogen and oxygen atoms in total. The lowest BCUT2D eigenvalue weighted by molar-refractivity contribution is 0.0730. The second kappa shape index (κ2) is 5.49. The Morgan fingerprint density at radius 2 is 1.95 bits per heavy atom. The van der Waals surface area contributed by atoms with Gasteiger partial charge in [0.1, 0.15) is 5.82 Å². The topological polar surface area (TPSA) is 80.5 Å². The number of nitrogens with two attached hydrogens (primary N) is 1. The molecule has 0 aromatic heterocycles. The van der Waals surface area contributed by atoms with Gasteiger partial charge < -0.3 is 4.90 Å². The van der Waals surface area contributed by atoms with Gasteiger partial charge in [0.25, 0.3) is 5.91 Å². The highest BCUT2D eigenvalue weighted by Crippen LogP contribution is 2.25. The molecule has 0 unspecified atom stereocenters. The van der Waals surface area contributed by atoms with E-state index in [0.717, 1.165) is 43.9 Å². The zero-order valence-corrected chi connectivity index (χ0v) is 12.0. The Kier molecular flexibility index (Phi) is 4.10. The molecular weight excluding hydrogens is 283 g/mol. The molecule has 1 amide bonds. The van der Waals surface area contributed by atoms with E-state index in [-0.39, 0.29) is 16.5 Å². The molecule has 0 atom stereocenters. The van der Waals surface area contributed by atoms with Crippen molar-refractivity contribution in [1.29, 1.82) is 0 Å². The van der Waals surface area contributed by atoms with Gasteiger partial charge in [-0.2, -0.15) is 0 Å². The number of primary sulfonamides is 1. The van der Waals surface area contributed by atoms with Crippen LogP contribution in [-0.2, 0) is 10.0 Å². The predicted octanol–water partition coefficient (Wildman–Crippen LogP) is 1.49. The summed E-state index contributed by atoms with van der Waals surface area (Å²) in [5.74, 6) is -1.18. The normalized spacial score (nSPS) is 16.4. The minimum Gasteiger partial charge on any atom is -0.339 e. The van der Waals surface area contributed by atoms with E-state index in [1.807, 2.05) is 0 Å². The van der Waals surface area contributed by atoms with Crippen molar-refractivity contribution in [2.45, 2.75) is 36.6 Å². The molecule has 0 saturated heterocycles. The van der Waals surface area contributed by atoms with Gasteiger partial charge in [-0.15, -0.1) is 0 Å². The minimum absolute atomic E-state index is 0.0686. The smallest absolute Gasteiger partial charge is 0.255 e. The molecule has 0 bridgehead atoms. The third-order valence-corrected chi connectivity index (χ3v) is 4.64. The molecule has 7 heteroatoms. The molecule has 1 aliphatic rings. The maximum atomic E-state index is 13.3. The Hall–Kier alpha value is -1.47. The number of rotatable bonds is 3. The van der Waals surface area contributed by atoms with Gasteiger partial charge in [-0.25, -0.2) is 17.9 Å². The Morgan fingerprint density at radius 3 is 2.50 bits per heavy atom. The van der Waals surface area contributed by atoms with E-state index in [1.165, 1.54) is 4.90 Å². The van der Waals surface area contributed by atoms with Crippen LogP contribution in [0.4, 0.5) is 4.39 Å². The van der Waals surface area contributed by atoms with Crippen LogP contribution in [0.5, 0.6) is 0 Å². The molecule has 20 heavy (non-hydrogen) atoms. The van der Waals surface area contributed by atoms with Crippen molar-refractivity contribution in [3.05, 3.63) is 29.6 Å². The zero-order valence-electron chi connectivity index (χ0n) is 11.2. The number of sulfonamides is 1. The number of benzene rings is 1. The molecule has 0 heterocycles. The van der Waals surface area contributed by atoms with E-state index in [2.05, 4.69) is 0 Å². The van der Waals surface area contributed by atoms with Crippen LogP contribution in [0.25, 0.3) is 0 Å². The fourth-order valence-electron chi connectivity index (χ4n) is 2.56. The van der Waals surface area contributed by atoms with Crippen LogP contribution in [0, 0.1) is 5.82 Å². The maximum Gasteiger partial charge on any atom is 0.255 e. The van der Waals surface area contributed by atoms with Crippen molar-refractivity contribution in [2.24, 2.45) is 5.14 Å². The Labute approximate surface area is 117 Å². The highest BCUT2D eigenvalue weighted by molar-refractivity contribution is 7.89. The molecular formula is C13H17FN2O3S. The first-order valence-electron chi connectivity index (χ1n) is 6.40. The second-order valence-electron chi connectivity index (χ2n) is 5.04. The van der Waals surface area contributed by atoms with E-state index < -0.39 is 21.7 Å². The molecule has 1 aromatic rings. The number of amides is 1. The summed E-state index contributed by atoms with van der Waals surface area (Å²) in [5, 5.41) is 5.08. The molecule has 1 fully saturated rings. The molecule has 2 N–H and O–H groups in total. The number of hydrogen-bond acceptors (Lipinski definition) is 3. The first-order valence-corrected chi connectivity index (χ1v) is 7.95. The molecule has 1 saturated carbocycles. The average molecular weight is 300 g/mol. The summed E-state index contributed by atoms with van der Waals surface area (Å²) in [6, 6.07) is 3.00. The van der Waals surface area contributed by atoms with Crippen LogP contribution in [-0.4, -0.2) is 32.3 Å². The van der Waals surface area contributed by atoms with Crippen molar-refractivity contribution >= 4 is 15.9 Å². The summed E-state index contributed by atoms with van der Waals surface area (Å²) >= 11 is 0. The molecule has 2 rings (SSSR count). The standard InChI is InChI=1S/C13H17FN2O3S/c1-16(10-4-2-3-5-10)13(17)11-8-9(14)6-7-12(11)20(15,18)19/h6-8,10H,2-5H2,1H3,(H2,15,18,19). The summed E-state index contributed by atoms with van der Waals surface area (Å²) in [7, 11) is -2.46. The summed E-state index contributed by atoms with van der Waals surface area (Å²) in [5.41, 5.74) is -0.207. The monoisotopic (exact) mass is 300 g/mol. The first-order chi connectivity index (χ1) is 9.30. The van der Waals surface area contributed by atoms with E-state index in [1.54, 1.807) is 7.05 Å². The van der Waals surface area contributed by atoms with Crippen molar-refractivity contribution < 1.29 is 17.6 Å². The fourth-order valence-corrected chi connectivity index (χ4v) is 3.28. The molecule has 1 aliphatic carbocycles. The Bertz CT molecular complexity index is 625. The molecule has 110 valence electrons. The van der Waals surface area contributed by atoms with Gasteiger partial charge in [0.05, 0.1) is 10.5 Å². The summed E-state index contributed by atoms with van der Waals surface area (Å²) in [4.78, 5) is 13.5. The average Bonchev–Trinajstić information content (AvgIpc) is 2.89.